The molecule has 0 bridgehead atoms. The van der Waals surface area contributed by atoms with Gasteiger partial charge >= 0.3 is 0 Å². The van der Waals surface area contributed by atoms with Crippen molar-refractivity contribution >= 4 is 29.3 Å². The van der Waals surface area contributed by atoms with Crippen LogP contribution in [0.1, 0.15) is 16.1 Å². The molecule has 0 atom stereocenters. The van der Waals surface area contributed by atoms with Crippen molar-refractivity contribution in [2.45, 2.75) is 10.6 Å². The van der Waals surface area contributed by atoms with Gasteiger partial charge in [0.05, 0.1) is 0 Å². The molecule has 138 valence electrons. The largest absolute Gasteiger partial charge is 0.366 e. The van der Waals surface area contributed by atoms with Crippen LogP contribution in [0.3, 0.4) is 0 Å². The fourth-order valence-electron chi connectivity index (χ4n) is 2.24. The van der Waals surface area contributed by atoms with Crippen molar-refractivity contribution in [1.82, 2.24) is 14.8 Å². The minimum Gasteiger partial charge on any atom is -0.366 e. The van der Waals surface area contributed by atoms with Crippen molar-refractivity contribution in [3.8, 4) is 0 Å². The van der Waals surface area contributed by atoms with Crippen LogP contribution in [0, 0.1) is 5.82 Å². The summed E-state index contributed by atoms with van der Waals surface area (Å²) in [6.07, 6.45) is 0. The molecule has 1 amide bonds. The zero-order valence-corrected chi connectivity index (χ0v) is 15.2. The van der Waals surface area contributed by atoms with Crippen molar-refractivity contribution < 1.29 is 9.18 Å². The summed E-state index contributed by atoms with van der Waals surface area (Å²) in [5.41, 5.74) is 6.24. The lowest BCUT2D eigenvalue weighted by Crippen LogP contribution is -2.26. The van der Waals surface area contributed by atoms with E-state index < -0.39 is 5.91 Å². The summed E-state index contributed by atoms with van der Waals surface area (Å²) in [6, 6.07) is 12.5. The Hall–Kier alpha value is -3.20. The molecule has 1 heterocycles. The Morgan fingerprint density at radius 1 is 1.15 bits per heavy atom. The van der Waals surface area contributed by atoms with Crippen LogP contribution in [0.2, 0.25) is 0 Å². The molecule has 0 fully saturated rings. The van der Waals surface area contributed by atoms with Gasteiger partial charge in [0.2, 0.25) is 11.9 Å². The molecule has 0 aliphatic heterocycles. The topological polar surface area (TPSA) is 103 Å². The predicted octanol–water partition coefficient (Wildman–Crippen LogP) is 2.45. The Labute approximate surface area is 158 Å². The number of nitrogens with two attached hydrogens (primary N) is 1. The lowest BCUT2D eigenvalue weighted by Gasteiger charge is -2.10. The molecule has 9 heteroatoms. The van der Waals surface area contributed by atoms with E-state index in [1.807, 2.05) is 0 Å². The molecule has 0 spiro atoms. The number of thioether (sulfide) groups is 1. The standard InChI is InChI=1S/C18H16FN5O2S/c1-24-17(26)15(10-27-14-8-4-12(19)5-9-14)22-23-18(24)21-13-6-2-11(3-7-13)16(20)25/h2-9H,10H2,1H3,(H2,20,25)(H,21,23). The number of primary amides is 1. The first kappa shape index (κ1) is 18.6. The Bertz CT molecular complexity index is 1020. The third-order valence-corrected chi connectivity index (χ3v) is 4.77. The molecule has 27 heavy (non-hydrogen) atoms. The summed E-state index contributed by atoms with van der Waals surface area (Å²) in [7, 11) is 1.59. The first-order valence-corrected chi connectivity index (χ1v) is 8.90. The molecule has 0 aliphatic rings. The number of nitrogens with one attached hydrogen (secondary N) is 1. The number of rotatable bonds is 6. The first-order valence-electron chi connectivity index (χ1n) is 7.92. The normalized spacial score (nSPS) is 10.6. The van der Waals surface area contributed by atoms with E-state index in [-0.39, 0.29) is 17.3 Å². The number of carbonyl (C=O) groups is 1. The molecule has 0 radical (unpaired) electrons. The summed E-state index contributed by atoms with van der Waals surface area (Å²) in [5.74, 6) is -0.243. The van der Waals surface area contributed by atoms with E-state index in [2.05, 4.69) is 15.5 Å². The van der Waals surface area contributed by atoms with E-state index in [1.54, 1.807) is 43.4 Å². The number of aromatic nitrogens is 3. The monoisotopic (exact) mass is 385 g/mol. The van der Waals surface area contributed by atoms with Gasteiger partial charge in [0.25, 0.3) is 5.56 Å². The van der Waals surface area contributed by atoms with Gasteiger partial charge in [-0.1, -0.05) is 0 Å². The van der Waals surface area contributed by atoms with Gasteiger partial charge in [0, 0.05) is 28.9 Å². The van der Waals surface area contributed by atoms with Gasteiger partial charge in [0.1, 0.15) is 11.5 Å². The molecular weight excluding hydrogens is 369 g/mol. The maximum absolute atomic E-state index is 12.9. The number of halogens is 1. The zero-order valence-electron chi connectivity index (χ0n) is 14.3. The van der Waals surface area contributed by atoms with Crippen LogP contribution < -0.4 is 16.6 Å². The molecular formula is C18H16FN5O2S. The summed E-state index contributed by atoms with van der Waals surface area (Å²) in [6.45, 7) is 0. The van der Waals surface area contributed by atoms with Gasteiger partial charge in [-0.25, -0.2) is 4.39 Å². The Kier molecular flexibility index (Phi) is 5.51. The van der Waals surface area contributed by atoms with Gasteiger partial charge in [-0.3, -0.25) is 14.2 Å². The third kappa shape index (κ3) is 4.50. The second-order valence-electron chi connectivity index (χ2n) is 5.64. The molecule has 2 aromatic carbocycles. The van der Waals surface area contributed by atoms with Crippen molar-refractivity contribution in [2.24, 2.45) is 12.8 Å². The maximum atomic E-state index is 12.9. The lowest BCUT2D eigenvalue weighted by molar-refractivity contribution is 0.100. The number of nitrogens with zero attached hydrogens (tertiary/aromatic N) is 3. The van der Waals surface area contributed by atoms with Crippen LogP contribution in [-0.2, 0) is 12.8 Å². The molecule has 3 aromatic rings. The van der Waals surface area contributed by atoms with Gasteiger partial charge in [-0.2, -0.15) is 0 Å². The number of anilines is 2. The van der Waals surface area contributed by atoms with E-state index in [0.717, 1.165) is 4.90 Å². The van der Waals surface area contributed by atoms with Gasteiger partial charge in [-0.05, 0) is 48.5 Å². The molecule has 1 aromatic heterocycles. The summed E-state index contributed by atoms with van der Waals surface area (Å²) in [5, 5.41) is 11.0. The van der Waals surface area contributed by atoms with Gasteiger partial charge < -0.3 is 11.1 Å². The third-order valence-electron chi connectivity index (χ3n) is 3.75. The molecule has 3 N–H and O–H groups in total. The van der Waals surface area contributed by atoms with Crippen molar-refractivity contribution in [2.75, 3.05) is 5.32 Å². The van der Waals surface area contributed by atoms with E-state index in [1.165, 1.54) is 28.5 Å². The highest BCUT2D eigenvalue weighted by Gasteiger charge is 2.10. The Morgan fingerprint density at radius 2 is 1.81 bits per heavy atom. The Morgan fingerprint density at radius 3 is 2.44 bits per heavy atom. The fourth-order valence-corrected chi connectivity index (χ4v) is 3.05. The summed E-state index contributed by atoms with van der Waals surface area (Å²) < 4.78 is 14.3. The second-order valence-corrected chi connectivity index (χ2v) is 6.69. The van der Waals surface area contributed by atoms with Crippen molar-refractivity contribution in [3.63, 3.8) is 0 Å². The molecule has 0 aliphatic carbocycles. The van der Waals surface area contributed by atoms with Gasteiger partial charge in [-0.15, -0.1) is 22.0 Å². The predicted molar refractivity (Wildman–Crippen MR) is 101 cm³/mol. The second kappa shape index (κ2) is 8.00. The smallest absolute Gasteiger partial charge is 0.277 e. The van der Waals surface area contributed by atoms with Crippen LogP contribution in [-0.4, -0.2) is 20.7 Å². The van der Waals surface area contributed by atoms with E-state index in [4.69, 9.17) is 5.73 Å². The zero-order chi connectivity index (χ0) is 19.4. The molecule has 0 unspecified atom stereocenters. The number of carbonyl (C=O) groups excluding carboxylic acids is 1. The highest BCUT2D eigenvalue weighted by molar-refractivity contribution is 7.98. The minimum atomic E-state index is -0.517. The van der Waals surface area contributed by atoms with Crippen molar-refractivity contribution in [1.29, 1.82) is 0 Å². The van der Waals surface area contributed by atoms with E-state index >= 15 is 0 Å². The van der Waals surface area contributed by atoms with E-state index in [9.17, 15) is 14.0 Å². The highest BCUT2D eigenvalue weighted by atomic mass is 32.2. The number of hydrogen-bond acceptors (Lipinski definition) is 6. The summed E-state index contributed by atoms with van der Waals surface area (Å²) >= 11 is 1.37. The first-order chi connectivity index (χ1) is 12.9. The Balaban J connectivity index is 1.73. The highest BCUT2D eigenvalue weighted by Crippen LogP contribution is 2.21. The fraction of sp³-hybridized carbons (Fsp3) is 0.111. The average Bonchev–Trinajstić information content (AvgIpc) is 2.66. The number of amides is 1. The molecule has 0 saturated heterocycles. The van der Waals surface area contributed by atoms with E-state index in [0.29, 0.717) is 22.7 Å². The number of benzene rings is 2. The quantitative estimate of drug-likeness (QED) is 0.632. The summed E-state index contributed by atoms with van der Waals surface area (Å²) in [4.78, 5) is 24.4. The van der Waals surface area contributed by atoms with Crippen molar-refractivity contribution in [3.05, 3.63) is 76.0 Å². The van der Waals surface area contributed by atoms with Crippen LogP contribution in [0.4, 0.5) is 16.0 Å². The maximum Gasteiger partial charge on any atom is 0.277 e. The van der Waals surface area contributed by atoms with Crippen LogP contribution in [0.5, 0.6) is 0 Å². The van der Waals surface area contributed by atoms with Gasteiger partial charge in [0.15, 0.2) is 0 Å². The van der Waals surface area contributed by atoms with Crippen LogP contribution in [0.15, 0.2) is 58.2 Å². The average molecular weight is 385 g/mol. The lowest BCUT2D eigenvalue weighted by atomic mass is 10.2. The number of hydrogen-bond donors (Lipinski definition) is 2. The minimum absolute atomic E-state index is 0.266. The molecule has 7 nitrogen and oxygen atoms in total. The molecule has 3 rings (SSSR count). The SMILES string of the molecule is Cn1c(Nc2ccc(C(N)=O)cc2)nnc(CSc2ccc(F)cc2)c1=O. The molecule has 0 saturated carbocycles. The van der Waals surface area contributed by atoms with Crippen LogP contribution >= 0.6 is 11.8 Å². The van der Waals surface area contributed by atoms with Crippen LogP contribution in [0.25, 0.3) is 0 Å².